The van der Waals surface area contributed by atoms with Crippen molar-refractivity contribution in [3.8, 4) is 0 Å². The molecule has 0 radical (unpaired) electrons. The minimum atomic E-state index is 0.144. The molecule has 5 heteroatoms. The second kappa shape index (κ2) is 4.76. The van der Waals surface area contributed by atoms with E-state index in [1.54, 1.807) is 0 Å². The molecular formula is C12H19N3O2. The van der Waals surface area contributed by atoms with Crippen molar-refractivity contribution in [3.63, 3.8) is 0 Å². The van der Waals surface area contributed by atoms with E-state index in [1.165, 1.54) is 5.56 Å². The summed E-state index contributed by atoms with van der Waals surface area (Å²) in [6.45, 7) is 6.60. The van der Waals surface area contributed by atoms with Crippen LogP contribution >= 0.6 is 0 Å². The Bertz CT molecular complexity index is 376. The second-order valence-corrected chi connectivity index (χ2v) is 4.99. The van der Waals surface area contributed by atoms with Gasteiger partial charge in [0.05, 0.1) is 31.6 Å². The van der Waals surface area contributed by atoms with Gasteiger partial charge in [0.15, 0.2) is 0 Å². The average Bonchev–Trinajstić information content (AvgIpc) is 2.72. The quantitative estimate of drug-likeness (QED) is 0.835. The highest BCUT2D eigenvalue weighted by Gasteiger charge is 2.23. The molecule has 2 saturated heterocycles. The monoisotopic (exact) mass is 237 g/mol. The fourth-order valence-corrected chi connectivity index (χ4v) is 2.29. The molecule has 1 N–H and O–H groups in total. The van der Waals surface area contributed by atoms with Crippen LogP contribution in [0.5, 0.6) is 0 Å². The summed E-state index contributed by atoms with van der Waals surface area (Å²) in [4.78, 5) is 0. The van der Waals surface area contributed by atoms with Gasteiger partial charge in [-0.15, -0.1) is 0 Å². The molecule has 1 aromatic rings. The SMILES string of the molecule is C[C@@H]1CNC[C@H](c2cnn(CC3COC3)c2)O1. The summed E-state index contributed by atoms with van der Waals surface area (Å²) in [5.41, 5.74) is 1.17. The van der Waals surface area contributed by atoms with Crippen molar-refractivity contribution in [1.29, 1.82) is 0 Å². The molecule has 0 aromatic carbocycles. The smallest absolute Gasteiger partial charge is 0.0983 e. The second-order valence-electron chi connectivity index (χ2n) is 4.99. The summed E-state index contributed by atoms with van der Waals surface area (Å²) in [6, 6.07) is 0. The van der Waals surface area contributed by atoms with Gasteiger partial charge < -0.3 is 14.8 Å². The van der Waals surface area contributed by atoms with Gasteiger partial charge in [-0.2, -0.15) is 5.10 Å². The third-order valence-corrected chi connectivity index (χ3v) is 3.34. The van der Waals surface area contributed by atoms with Crippen LogP contribution in [0.15, 0.2) is 12.4 Å². The summed E-state index contributed by atoms with van der Waals surface area (Å²) >= 11 is 0. The maximum Gasteiger partial charge on any atom is 0.0983 e. The summed E-state index contributed by atoms with van der Waals surface area (Å²) in [6.07, 6.45) is 4.44. The van der Waals surface area contributed by atoms with Gasteiger partial charge >= 0.3 is 0 Å². The molecule has 0 bridgehead atoms. The van der Waals surface area contributed by atoms with Crippen LogP contribution < -0.4 is 5.32 Å². The Hall–Kier alpha value is -0.910. The summed E-state index contributed by atoms with van der Waals surface area (Å²) in [7, 11) is 0. The van der Waals surface area contributed by atoms with Gasteiger partial charge in [0.2, 0.25) is 0 Å². The molecule has 5 nitrogen and oxygen atoms in total. The highest BCUT2D eigenvalue weighted by atomic mass is 16.5. The largest absolute Gasteiger partial charge is 0.381 e. The van der Waals surface area contributed by atoms with E-state index in [4.69, 9.17) is 9.47 Å². The molecule has 17 heavy (non-hydrogen) atoms. The molecule has 2 atom stereocenters. The van der Waals surface area contributed by atoms with E-state index in [9.17, 15) is 0 Å². The molecule has 0 amide bonds. The van der Waals surface area contributed by atoms with Gasteiger partial charge in [0, 0.05) is 37.3 Å². The molecule has 3 heterocycles. The van der Waals surface area contributed by atoms with Crippen molar-refractivity contribution >= 4 is 0 Å². The molecule has 0 spiro atoms. The van der Waals surface area contributed by atoms with Gasteiger partial charge in [-0.3, -0.25) is 4.68 Å². The predicted octanol–water partition coefficient (Wildman–Crippen LogP) is 0.579. The van der Waals surface area contributed by atoms with E-state index >= 15 is 0 Å². The molecule has 2 aliphatic rings. The van der Waals surface area contributed by atoms with E-state index < -0.39 is 0 Å². The van der Waals surface area contributed by atoms with Crippen LogP contribution in [0.1, 0.15) is 18.6 Å². The maximum atomic E-state index is 5.89. The molecule has 0 saturated carbocycles. The first-order chi connectivity index (χ1) is 8.31. The number of hydrogen-bond acceptors (Lipinski definition) is 4. The molecule has 0 unspecified atom stereocenters. The highest BCUT2D eigenvalue weighted by molar-refractivity contribution is 5.10. The van der Waals surface area contributed by atoms with Gasteiger partial charge in [0.1, 0.15) is 0 Å². The van der Waals surface area contributed by atoms with Crippen LogP contribution in [0.4, 0.5) is 0 Å². The Morgan fingerprint density at radius 1 is 1.47 bits per heavy atom. The first-order valence-corrected chi connectivity index (χ1v) is 6.27. The van der Waals surface area contributed by atoms with Gasteiger partial charge in [-0.25, -0.2) is 0 Å². The van der Waals surface area contributed by atoms with E-state index in [2.05, 4.69) is 23.5 Å². The fourth-order valence-electron chi connectivity index (χ4n) is 2.29. The highest BCUT2D eigenvalue weighted by Crippen LogP contribution is 2.21. The van der Waals surface area contributed by atoms with Crippen molar-refractivity contribution in [1.82, 2.24) is 15.1 Å². The van der Waals surface area contributed by atoms with E-state index in [0.717, 1.165) is 32.8 Å². The molecule has 3 rings (SSSR count). The van der Waals surface area contributed by atoms with Crippen molar-refractivity contribution < 1.29 is 9.47 Å². The van der Waals surface area contributed by atoms with Crippen LogP contribution in [-0.2, 0) is 16.0 Å². The van der Waals surface area contributed by atoms with Gasteiger partial charge in [0.25, 0.3) is 0 Å². The molecular weight excluding hydrogens is 218 g/mol. The number of nitrogens with one attached hydrogen (secondary N) is 1. The minimum Gasteiger partial charge on any atom is -0.381 e. The fraction of sp³-hybridized carbons (Fsp3) is 0.750. The number of rotatable bonds is 3. The van der Waals surface area contributed by atoms with E-state index in [-0.39, 0.29) is 12.2 Å². The first kappa shape index (κ1) is 11.2. The Morgan fingerprint density at radius 3 is 3.06 bits per heavy atom. The third-order valence-electron chi connectivity index (χ3n) is 3.34. The van der Waals surface area contributed by atoms with Crippen molar-refractivity contribution in [2.45, 2.75) is 25.7 Å². The standard InChI is InChI=1S/C12H19N3O2/c1-9-2-13-4-12(17-9)11-3-14-15(6-11)5-10-7-16-8-10/h3,6,9-10,12-13H,2,4-5,7-8H2,1H3/t9-,12-/m1/s1. The normalized spacial score (nSPS) is 30.2. The predicted molar refractivity (Wildman–Crippen MR) is 62.7 cm³/mol. The number of nitrogens with zero attached hydrogens (tertiary/aromatic N) is 2. The summed E-state index contributed by atoms with van der Waals surface area (Å²) in [5.74, 6) is 0.632. The van der Waals surface area contributed by atoms with Crippen LogP contribution in [0.2, 0.25) is 0 Å². The number of aromatic nitrogens is 2. The van der Waals surface area contributed by atoms with Crippen molar-refractivity contribution in [2.24, 2.45) is 5.92 Å². The Balaban J connectivity index is 1.62. The van der Waals surface area contributed by atoms with Crippen LogP contribution in [0.25, 0.3) is 0 Å². The van der Waals surface area contributed by atoms with Crippen molar-refractivity contribution in [3.05, 3.63) is 18.0 Å². The Labute approximate surface area is 101 Å². The average molecular weight is 237 g/mol. The topological polar surface area (TPSA) is 48.3 Å². The van der Waals surface area contributed by atoms with E-state index in [1.807, 2.05) is 10.9 Å². The van der Waals surface area contributed by atoms with Crippen LogP contribution in [0.3, 0.4) is 0 Å². The van der Waals surface area contributed by atoms with E-state index in [0.29, 0.717) is 5.92 Å². The lowest BCUT2D eigenvalue weighted by molar-refractivity contribution is -0.0411. The maximum absolute atomic E-state index is 5.89. The molecule has 1 aromatic heterocycles. The lowest BCUT2D eigenvalue weighted by atomic mass is 10.1. The first-order valence-electron chi connectivity index (χ1n) is 6.27. The lowest BCUT2D eigenvalue weighted by Gasteiger charge is -2.28. The van der Waals surface area contributed by atoms with Gasteiger partial charge in [-0.05, 0) is 6.92 Å². The number of ether oxygens (including phenoxy) is 2. The van der Waals surface area contributed by atoms with Crippen molar-refractivity contribution in [2.75, 3.05) is 26.3 Å². The van der Waals surface area contributed by atoms with Crippen LogP contribution in [0, 0.1) is 5.92 Å². The number of morpholine rings is 1. The van der Waals surface area contributed by atoms with Gasteiger partial charge in [-0.1, -0.05) is 0 Å². The van der Waals surface area contributed by atoms with Crippen LogP contribution in [-0.4, -0.2) is 42.2 Å². The lowest BCUT2D eigenvalue weighted by Crippen LogP contribution is -2.38. The zero-order valence-electron chi connectivity index (χ0n) is 10.1. The molecule has 2 aliphatic heterocycles. The molecule has 2 fully saturated rings. The number of hydrogen-bond donors (Lipinski definition) is 1. The molecule has 0 aliphatic carbocycles. The zero-order valence-corrected chi connectivity index (χ0v) is 10.1. The third kappa shape index (κ3) is 2.51. The Kier molecular flexibility index (Phi) is 3.13. The summed E-state index contributed by atoms with van der Waals surface area (Å²) < 4.78 is 13.1. The zero-order chi connectivity index (χ0) is 11.7. The summed E-state index contributed by atoms with van der Waals surface area (Å²) in [5, 5.41) is 7.76. The molecule has 94 valence electrons. The minimum absolute atomic E-state index is 0.144. The Morgan fingerprint density at radius 2 is 2.35 bits per heavy atom.